The third kappa shape index (κ3) is 6.03. The number of aromatic nitrogens is 1. The number of methoxy groups -OCH3 is 1. The van der Waals surface area contributed by atoms with Gasteiger partial charge < -0.3 is 19.7 Å². The van der Waals surface area contributed by atoms with Crippen LogP contribution in [0.1, 0.15) is 34.3 Å². The molecule has 0 aliphatic heterocycles. The minimum absolute atomic E-state index is 0.0688. The fourth-order valence-electron chi connectivity index (χ4n) is 2.60. The maximum atomic E-state index is 13.0. The largest absolute Gasteiger partial charge is 0.496 e. The number of aryl methyl sites for hydroxylation is 2. The molecule has 8 heteroatoms. The van der Waals surface area contributed by atoms with Gasteiger partial charge in [-0.1, -0.05) is 12.1 Å². The molecule has 0 spiro atoms. The number of anilines is 1. The zero-order chi connectivity index (χ0) is 20.5. The zero-order valence-electron chi connectivity index (χ0n) is 16.8. The number of rotatable bonds is 10. The van der Waals surface area contributed by atoms with E-state index in [4.69, 9.17) is 9.47 Å². The van der Waals surface area contributed by atoms with Gasteiger partial charge in [-0.2, -0.15) is 0 Å². The second-order valence-electron chi connectivity index (χ2n) is 6.19. The Balaban J connectivity index is 2.11. The van der Waals surface area contributed by atoms with Crippen molar-refractivity contribution >= 4 is 28.3 Å². The lowest BCUT2D eigenvalue weighted by molar-refractivity contribution is -0.116. The predicted molar refractivity (Wildman–Crippen MR) is 110 cm³/mol. The van der Waals surface area contributed by atoms with E-state index in [-0.39, 0.29) is 18.4 Å². The average molecular weight is 406 g/mol. The van der Waals surface area contributed by atoms with Crippen molar-refractivity contribution in [1.82, 2.24) is 9.88 Å². The van der Waals surface area contributed by atoms with E-state index in [2.05, 4.69) is 10.3 Å². The van der Waals surface area contributed by atoms with Crippen molar-refractivity contribution in [2.45, 2.75) is 27.2 Å². The van der Waals surface area contributed by atoms with Crippen LogP contribution < -0.4 is 10.1 Å². The molecule has 28 heavy (non-hydrogen) atoms. The number of nitrogens with one attached hydrogen (secondary N) is 1. The summed E-state index contributed by atoms with van der Waals surface area (Å²) in [5.74, 6) is -0.0575. The second kappa shape index (κ2) is 10.8. The Hall–Kier alpha value is -2.45. The Bertz CT molecular complexity index is 787. The summed E-state index contributed by atoms with van der Waals surface area (Å²) in [4.78, 5) is 32.4. The molecule has 2 rings (SSSR count). The summed E-state index contributed by atoms with van der Waals surface area (Å²) in [5, 5.41) is 3.32. The molecular formula is C20H27N3O4S. The molecule has 0 unspecified atom stereocenters. The van der Waals surface area contributed by atoms with E-state index in [9.17, 15) is 9.59 Å². The summed E-state index contributed by atoms with van der Waals surface area (Å²) >= 11 is 1.42. The predicted octanol–water partition coefficient (Wildman–Crippen LogP) is 3.28. The minimum Gasteiger partial charge on any atom is -0.496 e. The molecule has 0 saturated carbocycles. The van der Waals surface area contributed by atoms with Gasteiger partial charge in [-0.3, -0.25) is 9.59 Å². The lowest BCUT2D eigenvalue weighted by Gasteiger charge is -2.23. The van der Waals surface area contributed by atoms with E-state index in [0.717, 1.165) is 10.6 Å². The standard InChI is InChI=1S/C20H27N3O4S/c1-5-27-12-8-11-23(19(25)16-9-6-7-10-17(16)26-4)13-18(24)22-20-21-14(2)15(3)28-20/h6-7,9-10H,5,8,11-13H2,1-4H3,(H,21,22,24). The van der Waals surface area contributed by atoms with Crippen molar-refractivity contribution in [3.05, 3.63) is 40.4 Å². The average Bonchev–Trinajstić information content (AvgIpc) is 3.00. The quantitative estimate of drug-likeness (QED) is 0.614. The van der Waals surface area contributed by atoms with Crippen molar-refractivity contribution in [1.29, 1.82) is 0 Å². The molecule has 0 fully saturated rings. The third-order valence-corrected chi connectivity index (χ3v) is 5.14. The maximum Gasteiger partial charge on any atom is 0.258 e. The van der Waals surface area contributed by atoms with E-state index >= 15 is 0 Å². The van der Waals surface area contributed by atoms with Crippen molar-refractivity contribution in [3.63, 3.8) is 0 Å². The first-order valence-corrected chi connectivity index (χ1v) is 10.0. The van der Waals surface area contributed by atoms with E-state index in [0.29, 0.717) is 42.6 Å². The van der Waals surface area contributed by atoms with Crippen LogP contribution >= 0.6 is 11.3 Å². The number of hydrogen-bond donors (Lipinski definition) is 1. The van der Waals surface area contributed by atoms with Gasteiger partial charge in [0.2, 0.25) is 5.91 Å². The number of carbonyl (C=O) groups excluding carboxylic acids is 2. The number of nitrogens with zero attached hydrogens (tertiary/aromatic N) is 2. The van der Waals surface area contributed by atoms with Gasteiger partial charge in [0, 0.05) is 24.6 Å². The van der Waals surface area contributed by atoms with Crippen LogP contribution in [0.2, 0.25) is 0 Å². The highest BCUT2D eigenvalue weighted by molar-refractivity contribution is 7.15. The molecule has 0 aliphatic rings. The second-order valence-corrected chi connectivity index (χ2v) is 7.39. The number of benzene rings is 1. The summed E-state index contributed by atoms with van der Waals surface area (Å²) in [6.07, 6.45) is 0.636. The van der Waals surface area contributed by atoms with Crippen LogP contribution in [-0.4, -0.2) is 55.1 Å². The summed E-state index contributed by atoms with van der Waals surface area (Å²) in [6.45, 7) is 7.24. The monoisotopic (exact) mass is 405 g/mol. The van der Waals surface area contributed by atoms with Gasteiger partial charge in [0.1, 0.15) is 12.3 Å². The Labute approximate surface area is 169 Å². The Morgan fingerprint density at radius 1 is 1.25 bits per heavy atom. The Kier molecular flexibility index (Phi) is 8.41. The number of thiazole rings is 1. The van der Waals surface area contributed by atoms with Gasteiger partial charge in [0.15, 0.2) is 5.13 Å². The number of carbonyl (C=O) groups is 2. The zero-order valence-corrected chi connectivity index (χ0v) is 17.6. The molecule has 152 valence electrons. The molecule has 1 heterocycles. The van der Waals surface area contributed by atoms with E-state index in [1.807, 2.05) is 20.8 Å². The van der Waals surface area contributed by atoms with Gasteiger partial charge in [-0.05, 0) is 39.3 Å². The molecule has 0 bridgehead atoms. The topological polar surface area (TPSA) is 80.8 Å². The SMILES string of the molecule is CCOCCCN(CC(=O)Nc1nc(C)c(C)s1)C(=O)c1ccccc1OC. The Morgan fingerprint density at radius 2 is 2.00 bits per heavy atom. The van der Waals surface area contributed by atoms with Crippen LogP contribution in [-0.2, 0) is 9.53 Å². The van der Waals surface area contributed by atoms with Crippen molar-refractivity contribution in [2.75, 3.05) is 38.7 Å². The fourth-order valence-corrected chi connectivity index (χ4v) is 3.44. The summed E-state index contributed by atoms with van der Waals surface area (Å²) in [6, 6.07) is 7.00. The molecule has 0 aliphatic carbocycles. The first-order chi connectivity index (χ1) is 13.5. The number of ether oxygens (including phenoxy) is 2. The van der Waals surface area contributed by atoms with Gasteiger partial charge >= 0.3 is 0 Å². The van der Waals surface area contributed by atoms with Gasteiger partial charge in [0.05, 0.1) is 18.4 Å². The first kappa shape index (κ1) is 21.8. The molecule has 1 aromatic carbocycles. The smallest absolute Gasteiger partial charge is 0.258 e. The van der Waals surface area contributed by atoms with Crippen molar-refractivity contribution < 1.29 is 19.1 Å². The highest BCUT2D eigenvalue weighted by Crippen LogP contribution is 2.22. The van der Waals surface area contributed by atoms with Crippen LogP contribution in [0.15, 0.2) is 24.3 Å². The molecule has 0 radical (unpaired) electrons. The summed E-state index contributed by atoms with van der Waals surface area (Å²) < 4.78 is 10.7. The van der Waals surface area contributed by atoms with Crippen LogP contribution in [0.25, 0.3) is 0 Å². The normalized spacial score (nSPS) is 10.6. The molecule has 0 saturated heterocycles. The van der Waals surface area contributed by atoms with E-state index < -0.39 is 0 Å². The van der Waals surface area contributed by atoms with E-state index in [1.54, 1.807) is 24.3 Å². The fraction of sp³-hybridized carbons (Fsp3) is 0.450. The van der Waals surface area contributed by atoms with Crippen LogP contribution in [0.4, 0.5) is 5.13 Å². The molecule has 1 aromatic heterocycles. The van der Waals surface area contributed by atoms with Gasteiger partial charge in [-0.25, -0.2) is 4.98 Å². The molecular weight excluding hydrogens is 378 g/mol. The van der Waals surface area contributed by atoms with Crippen molar-refractivity contribution in [2.24, 2.45) is 0 Å². The highest BCUT2D eigenvalue weighted by Gasteiger charge is 2.22. The molecule has 2 aromatic rings. The lowest BCUT2D eigenvalue weighted by atomic mass is 10.1. The summed E-state index contributed by atoms with van der Waals surface area (Å²) in [7, 11) is 1.52. The Morgan fingerprint density at radius 3 is 2.64 bits per heavy atom. The number of amides is 2. The minimum atomic E-state index is -0.284. The number of para-hydroxylation sites is 1. The van der Waals surface area contributed by atoms with E-state index in [1.165, 1.54) is 23.3 Å². The third-order valence-electron chi connectivity index (χ3n) is 4.15. The number of hydrogen-bond acceptors (Lipinski definition) is 6. The molecule has 2 amide bonds. The molecule has 0 atom stereocenters. The molecule has 1 N–H and O–H groups in total. The maximum absolute atomic E-state index is 13.0. The van der Waals surface area contributed by atoms with Gasteiger partial charge in [-0.15, -0.1) is 11.3 Å². The van der Waals surface area contributed by atoms with Crippen LogP contribution in [0, 0.1) is 13.8 Å². The van der Waals surface area contributed by atoms with Crippen LogP contribution in [0.5, 0.6) is 5.75 Å². The van der Waals surface area contributed by atoms with Gasteiger partial charge in [0.25, 0.3) is 5.91 Å². The lowest BCUT2D eigenvalue weighted by Crippen LogP contribution is -2.39. The molecule has 7 nitrogen and oxygen atoms in total. The van der Waals surface area contributed by atoms with Crippen molar-refractivity contribution in [3.8, 4) is 5.75 Å². The highest BCUT2D eigenvalue weighted by atomic mass is 32.1. The summed E-state index contributed by atoms with van der Waals surface area (Å²) in [5.41, 5.74) is 1.31. The first-order valence-electron chi connectivity index (χ1n) is 9.20. The van der Waals surface area contributed by atoms with Crippen LogP contribution in [0.3, 0.4) is 0 Å².